The lowest BCUT2D eigenvalue weighted by atomic mass is 10.1. The SMILES string of the molecule is Cc1csc(C(C)Nc2ccc(N)cc2C)n1. The molecule has 1 aromatic carbocycles. The van der Waals surface area contributed by atoms with Crippen molar-refractivity contribution in [3.8, 4) is 0 Å². The third-order valence-corrected chi connectivity index (χ3v) is 3.77. The number of anilines is 2. The second-order valence-corrected chi connectivity index (χ2v) is 5.16. The average Bonchev–Trinajstić information content (AvgIpc) is 2.69. The first-order valence-electron chi connectivity index (χ1n) is 5.61. The zero-order valence-electron chi connectivity index (χ0n) is 10.3. The second kappa shape index (κ2) is 4.75. The van der Waals surface area contributed by atoms with E-state index < -0.39 is 0 Å². The van der Waals surface area contributed by atoms with Gasteiger partial charge in [-0.25, -0.2) is 4.98 Å². The molecule has 17 heavy (non-hydrogen) atoms. The Kier molecular flexibility index (Phi) is 3.33. The van der Waals surface area contributed by atoms with Crippen molar-refractivity contribution in [2.45, 2.75) is 26.8 Å². The molecule has 1 aromatic heterocycles. The van der Waals surface area contributed by atoms with E-state index in [-0.39, 0.29) is 6.04 Å². The van der Waals surface area contributed by atoms with Gasteiger partial charge < -0.3 is 11.1 Å². The molecule has 4 heteroatoms. The Labute approximate surface area is 106 Å². The van der Waals surface area contributed by atoms with E-state index in [1.54, 1.807) is 11.3 Å². The Bertz CT molecular complexity index is 519. The molecule has 0 bridgehead atoms. The minimum Gasteiger partial charge on any atom is -0.399 e. The number of aryl methyl sites for hydroxylation is 2. The van der Waals surface area contributed by atoms with E-state index >= 15 is 0 Å². The Hall–Kier alpha value is -1.55. The summed E-state index contributed by atoms with van der Waals surface area (Å²) >= 11 is 1.69. The third kappa shape index (κ3) is 2.77. The fourth-order valence-electron chi connectivity index (χ4n) is 1.71. The molecule has 0 aliphatic heterocycles. The molecule has 0 saturated heterocycles. The van der Waals surface area contributed by atoms with Crippen molar-refractivity contribution in [3.63, 3.8) is 0 Å². The first-order chi connectivity index (χ1) is 8.06. The van der Waals surface area contributed by atoms with Crippen molar-refractivity contribution in [3.05, 3.63) is 39.8 Å². The highest BCUT2D eigenvalue weighted by Crippen LogP contribution is 2.25. The Morgan fingerprint density at radius 1 is 1.35 bits per heavy atom. The second-order valence-electron chi connectivity index (χ2n) is 4.27. The van der Waals surface area contributed by atoms with Crippen LogP contribution in [0.4, 0.5) is 11.4 Å². The topological polar surface area (TPSA) is 50.9 Å². The predicted molar refractivity (Wildman–Crippen MR) is 74.5 cm³/mol. The standard InChI is InChI=1S/C13H17N3S/c1-8-6-11(14)4-5-12(8)16-10(3)13-15-9(2)7-17-13/h4-7,10,16H,14H2,1-3H3. The molecule has 0 aliphatic rings. The average molecular weight is 247 g/mol. The molecule has 1 unspecified atom stereocenters. The summed E-state index contributed by atoms with van der Waals surface area (Å²) in [6.07, 6.45) is 0. The molecule has 3 N–H and O–H groups in total. The number of hydrogen-bond acceptors (Lipinski definition) is 4. The van der Waals surface area contributed by atoms with Gasteiger partial charge in [0, 0.05) is 22.4 Å². The van der Waals surface area contributed by atoms with Crippen molar-refractivity contribution in [2.75, 3.05) is 11.1 Å². The lowest BCUT2D eigenvalue weighted by Gasteiger charge is -2.15. The zero-order chi connectivity index (χ0) is 12.4. The summed E-state index contributed by atoms with van der Waals surface area (Å²) in [7, 11) is 0. The van der Waals surface area contributed by atoms with Gasteiger partial charge in [-0.1, -0.05) is 0 Å². The summed E-state index contributed by atoms with van der Waals surface area (Å²) in [4.78, 5) is 4.49. The number of aromatic nitrogens is 1. The van der Waals surface area contributed by atoms with E-state index in [0.717, 1.165) is 27.6 Å². The maximum Gasteiger partial charge on any atom is 0.115 e. The maximum atomic E-state index is 5.73. The van der Waals surface area contributed by atoms with Crippen LogP contribution in [0.15, 0.2) is 23.6 Å². The molecule has 1 heterocycles. The van der Waals surface area contributed by atoms with E-state index in [1.165, 1.54) is 0 Å². The van der Waals surface area contributed by atoms with Gasteiger partial charge in [-0.3, -0.25) is 0 Å². The predicted octanol–water partition coefficient (Wildman–Crippen LogP) is 3.52. The van der Waals surface area contributed by atoms with Gasteiger partial charge in [-0.05, 0) is 44.5 Å². The highest BCUT2D eigenvalue weighted by molar-refractivity contribution is 7.09. The van der Waals surface area contributed by atoms with Gasteiger partial charge in [-0.2, -0.15) is 0 Å². The summed E-state index contributed by atoms with van der Waals surface area (Å²) in [5, 5.41) is 6.64. The first kappa shape index (κ1) is 11.9. The van der Waals surface area contributed by atoms with Gasteiger partial charge in [0.1, 0.15) is 5.01 Å². The lowest BCUT2D eigenvalue weighted by molar-refractivity contribution is 0.862. The minimum absolute atomic E-state index is 0.219. The molecule has 1 atom stereocenters. The normalized spacial score (nSPS) is 12.4. The summed E-state index contributed by atoms with van der Waals surface area (Å²) < 4.78 is 0. The van der Waals surface area contributed by atoms with E-state index in [4.69, 9.17) is 5.73 Å². The van der Waals surface area contributed by atoms with Crippen molar-refractivity contribution >= 4 is 22.7 Å². The monoisotopic (exact) mass is 247 g/mol. The van der Waals surface area contributed by atoms with Crippen molar-refractivity contribution in [2.24, 2.45) is 0 Å². The number of nitrogen functional groups attached to an aromatic ring is 1. The van der Waals surface area contributed by atoms with Gasteiger partial charge in [0.2, 0.25) is 0 Å². The molecule has 0 amide bonds. The summed E-state index contributed by atoms with van der Waals surface area (Å²) in [5.41, 5.74) is 9.88. The van der Waals surface area contributed by atoms with E-state index in [1.807, 2.05) is 25.1 Å². The number of hydrogen-bond donors (Lipinski definition) is 2. The van der Waals surface area contributed by atoms with Crippen LogP contribution in [0.1, 0.15) is 29.2 Å². The Morgan fingerprint density at radius 3 is 2.71 bits per heavy atom. The summed E-state index contributed by atoms with van der Waals surface area (Å²) in [5.74, 6) is 0. The van der Waals surface area contributed by atoms with Gasteiger partial charge in [0.15, 0.2) is 0 Å². The highest BCUT2D eigenvalue weighted by atomic mass is 32.1. The van der Waals surface area contributed by atoms with Gasteiger partial charge in [0.05, 0.1) is 6.04 Å². The fraction of sp³-hybridized carbons (Fsp3) is 0.308. The first-order valence-corrected chi connectivity index (χ1v) is 6.49. The van der Waals surface area contributed by atoms with E-state index in [0.29, 0.717) is 0 Å². The van der Waals surface area contributed by atoms with Crippen LogP contribution in [-0.2, 0) is 0 Å². The number of benzene rings is 1. The molecule has 0 spiro atoms. The maximum absolute atomic E-state index is 5.73. The van der Waals surface area contributed by atoms with Gasteiger partial charge >= 0.3 is 0 Å². The van der Waals surface area contributed by atoms with Crippen molar-refractivity contribution in [1.29, 1.82) is 0 Å². The van der Waals surface area contributed by atoms with Crippen LogP contribution in [0.25, 0.3) is 0 Å². The molecule has 0 radical (unpaired) electrons. The smallest absolute Gasteiger partial charge is 0.115 e. The molecule has 0 aliphatic carbocycles. The highest BCUT2D eigenvalue weighted by Gasteiger charge is 2.10. The van der Waals surface area contributed by atoms with E-state index in [2.05, 4.69) is 29.5 Å². The van der Waals surface area contributed by atoms with Crippen LogP contribution < -0.4 is 11.1 Å². The molecule has 0 fully saturated rings. The Morgan fingerprint density at radius 2 is 2.12 bits per heavy atom. The molecular formula is C13H17N3S. The van der Waals surface area contributed by atoms with Crippen LogP contribution in [0, 0.1) is 13.8 Å². The molecule has 3 nitrogen and oxygen atoms in total. The van der Waals surface area contributed by atoms with Crippen LogP contribution >= 0.6 is 11.3 Å². The number of nitrogens with zero attached hydrogens (tertiary/aromatic N) is 1. The summed E-state index contributed by atoms with van der Waals surface area (Å²) in [6.45, 7) is 6.19. The third-order valence-electron chi connectivity index (χ3n) is 2.63. The molecule has 90 valence electrons. The van der Waals surface area contributed by atoms with Gasteiger partial charge in [0.25, 0.3) is 0 Å². The quantitative estimate of drug-likeness (QED) is 0.816. The molecular weight excluding hydrogens is 230 g/mol. The van der Waals surface area contributed by atoms with Crippen LogP contribution in [0.5, 0.6) is 0 Å². The zero-order valence-corrected chi connectivity index (χ0v) is 11.1. The fourth-order valence-corrected chi connectivity index (χ4v) is 2.52. The number of thiazole rings is 1. The molecule has 0 saturated carbocycles. The van der Waals surface area contributed by atoms with Crippen LogP contribution in [-0.4, -0.2) is 4.98 Å². The Balaban J connectivity index is 2.15. The number of rotatable bonds is 3. The number of nitrogens with two attached hydrogens (primary N) is 1. The van der Waals surface area contributed by atoms with Crippen LogP contribution in [0.2, 0.25) is 0 Å². The van der Waals surface area contributed by atoms with Crippen LogP contribution in [0.3, 0.4) is 0 Å². The minimum atomic E-state index is 0.219. The molecule has 2 aromatic rings. The lowest BCUT2D eigenvalue weighted by Crippen LogP contribution is -2.07. The summed E-state index contributed by atoms with van der Waals surface area (Å²) in [6, 6.07) is 6.12. The number of nitrogens with one attached hydrogen (secondary N) is 1. The van der Waals surface area contributed by atoms with Crippen molar-refractivity contribution < 1.29 is 0 Å². The van der Waals surface area contributed by atoms with Crippen molar-refractivity contribution in [1.82, 2.24) is 4.98 Å². The van der Waals surface area contributed by atoms with E-state index in [9.17, 15) is 0 Å². The van der Waals surface area contributed by atoms with Gasteiger partial charge in [-0.15, -0.1) is 11.3 Å². The largest absolute Gasteiger partial charge is 0.399 e. The molecule has 2 rings (SSSR count).